The molecule has 0 atom stereocenters. The third-order valence-corrected chi connectivity index (χ3v) is 4.01. The first kappa shape index (κ1) is 20.2. The Hall–Kier alpha value is -0.790. The highest BCUT2D eigenvalue weighted by Gasteiger charge is 1.93. The van der Waals surface area contributed by atoms with Crippen LogP contribution in [0.5, 0.6) is 0 Å². The number of amides is 1. The van der Waals surface area contributed by atoms with Gasteiger partial charge in [-0.1, -0.05) is 96.5 Å². The lowest BCUT2D eigenvalue weighted by atomic mass is 10.0. The molecule has 0 radical (unpaired) electrons. The van der Waals surface area contributed by atoms with E-state index in [2.05, 4.69) is 6.92 Å². The Balaban J connectivity index is 3.01. The van der Waals surface area contributed by atoms with Gasteiger partial charge < -0.3 is 5.73 Å². The molecular weight excluding hydrogens is 258 g/mol. The average molecular weight is 296 g/mol. The molecule has 0 aliphatic carbocycles. The van der Waals surface area contributed by atoms with Crippen molar-refractivity contribution >= 4 is 5.91 Å². The molecule has 0 saturated carbocycles. The summed E-state index contributed by atoms with van der Waals surface area (Å²) in [6.45, 7) is 2.28. The molecule has 21 heavy (non-hydrogen) atoms. The molecule has 0 aliphatic heterocycles. The molecule has 0 aromatic rings. The number of hydrogen-bond acceptors (Lipinski definition) is 1. The first-order valence-electron chi connectivity index (χ1n) is 9.23. The fourth-order valence-electron chi connectivity index (χ4n) is 2.66. The van der Waals surface area contributed by atoms with Crippen LogP contribution in [0.15, 0.2) is 12.2 Å². The molecule has 0 fully saturated rings. The van der Waals surface area contributed by atoms with Crippen molar-refractivity contribution in [1.29, 1.82) is 0 Å². The predicted molar refractivity (Wildman–Crippen MR) is 93.3 cm³/mol. The predicted octanol–water partition coefficient (Wildman–Crippen LogP) is 5.90. The third-order valence-electron chi connectivity index (χ3n) is 4.01. The Morgan fingerprint density at radius 3 is 1.48 bits per heavy atom. The largest absolute Gasteiger partial charge is 0.366 e. The minimum absolute atomic E-state index is 0.333. The summed E-state index contributed by atoms with van der Waals surface area (Å²) in [6, 6.07) is 0. The van der Waals surface area contributed by atoms with Gasteiger partial charge in [0.05, 0.1) is 0 Å². The number of nitrogens with two attached hydrogens (primary N) is 1. The van der Waals surface area contributed by atoms with Crippen LogP contribution in [0.3, 0.4) is 0 Å². The molecule has 0 unspecified atom stereocenters. The fraction of sp³-hybridized carbons (Fsp3) is 0.842. The summed E-state index contributed by atoms with van der Waals surface area (Å²) >= 11 is 0. The van der Waals surface area contributed by atoms with Gasteiger partial charge in [-0.3, -0.25) is 4.79 Å². The van der Waals surface area contributed by atoms with Gasteiger partial charge in [-0.05, 0) is 18.9 Å². The van der Waals surface area contributed by atoms with E-state index in [0.717, 1.165) is 6.42 Å². The van der Waals surface area contributed by atoms with Crippen LogP contribution in [-0.4, -0.2) is 5.91 Å². The first-order valence-corrected chi connectivity index (χ1v) is 9.23. The highest BCUT2D eigenvalue weighted by molar-refractivity contribution is 5.85. The van der Waals surface area contributed by atoms with E-state index < -0.39 is 0 Å². The van der Waals surface area contributed by atoms with Gasteiger partial charge in [0.25, 0.3) is 0 Å². The molecule has 2 heteroatoms. The van der Waals surface area contributed by atoms with Gasteiger partial charge in [0, 0.05) is 0 Å². The minimum atomic E-state index is -0.333. The average Bonchev–Trinajstić information content (AvgIpc) is 2.46. The van der Waals surface area contributed by atoms with Crippen molar-refractivity contribution in [3.05, 3.63) is 12.2 Å². The number of allylic oxidation sites excluding steroid dienone is 1. The van der Waals surface area contributed by atoms with Gasteiger partial charge in [0.2, 0.25) is 5.91 Å². The number of primary amides is 1. The van der Waals surface area contributed by atoms with Crippen molar-refractivity contribution in [2.75, 3.05) is 0 Å². The minimum Gasteiger partial charge on any atom is -0.366 e. The number of rotatable bonds is 16. The molecule has 0 spiro atoms. The van der Waals surface area contributed by atoms with Crippen molar-refractivity contribution in [2.45, 2.75) is 103 Å². The Morgan fingerprint density at radius 2 is 1.10 bits per heavy atom. The van der Waals surface area contributed by atoms with Crippen molar-refractivity contribution in [1.82, 2.24) is 0 Å². The molecule has 0 rings (SSSR count). The lowest BCUT2D eigenvalue weighted by molar-refractivity contribution is -0.113. The summed E-state index contributed by atoms with van der Waals surface area (Å²) in [5, 5.41) is 0. The summed E-state index contributed by atoms with van der Waals surface area (Å²) in [5.74, 6) is -0.333. The standard InChI is InChI=1S/C19H37NO/c1-2-3-4-5-6-7-8-9-10-11-12-13-14-15-16-17-18-19(20)21/h17-18H,2-16H2,1H3,(H2,20,21)/b18-17+. The maximum Gasteiger partial charge on any atom is 0.241 e. The Morgan fingerprint density at radius 1 is 0.714 bits per heavy atom. The molecule has 0 aliphatic rings. The van der Waals surface area contributed by atoms with E-state index >= 15 is 0 Å². The maximum absolute atomic E-state index is 10.5. The van der Waals surface area contributed by atoms with E-state index in [1.165, 1.54) is 96.0 Å². The van der Waals surface area contributed by atoms with E-state index in [-0.39, 0.29) is 5.91 Å². The van der Waals surface area contributed by atoms with Gasteiger partial charge >= 0.3 is 0 Å². The molecular formula is C19H37NO. The molecule has 0 bridgehead atoms. The van der Waals surface area contributed by atoms with Crippen LogP contribution in [0.4, 0.5) is 0 Å². The molecule has 0 aromatic heterocycles. The van der Waals surface area contributed by atoms with Crippen LogP contribution >= 0.6 is 0 Å². The second kappa shape index (κ2) is 17.3. The first-order chi connectivity index (χ1) is 10.3. The lowest BCUT2D eigenvalue weighted by Crippen LogP contribution is -2.05. The number of carbonyl (C=O) groups excluding carboxylic acids is 1. The highest BCUT2D eigenvalue weighted by Crippen LogP contribution is 2.13. The Kier molecular flexibility index (Phi) is 16.6. The fourth-order valence-corrected chi connectivity index (χ4v) is 2.66. The normalized spacial score (nSPS) is 11.3. The van der Waals surface area contributed by atoms with E-state index in [1.54, 1.807) is 0 Å². The summed E-state index contributed by atoms with van der Waals surface area (Å²) in [4.78, 5) is 10.5. The molecule has 2 nitrogen and oxygen atoms in total. The SMILES string of the molecule is CCCCCCCCCCCCCCCC/C=C/C(N)=O. The van der Waals surface area contributed by atoms with Gasteiger partial charge in [-0.15, -0.1) is 0 Å². The molecule has 124 valence electrons. The number of hydrogen-bond donors (Lipinski definition) is 1. The summed E-state index contributed by atoms with van der Waals surface area (Å²) in [5.41, 5.74) is 5.03. The van der Waals surface area contributed by atoms with Crippen LogP contribution in [0.1, 0.15) is 103 Å². The van der Waals surface area contributed by atoms with Crippen LogP contribution in [0, 0.1) is 0 Å². The van der Waals surface area contributed by atoms with E-state index in [1.807, 2.05) is 6.08 Å². The molecule has 0 saturated heterocycles. The highest BCUT2D eigenvalue weighted by atomic mass is 16.1. The van der Waals surface area contributed by atoms with Crippen molar-refractivity contribution < 1.29 is 4.79 Å². The van der Waals surface area contributed by atoms with Gasteiger partial charge in [0.1, 0.15) is 0 Å². The van der Waals surface area contributed by atoms with Crippen molar-refractivity contribution in [3.8, 4) is 0 Å². The van der Waals surface area contributed by atoms with E-state index in [9.17, 15) is 4.79 Å². The van der Waals surface area contributed by atoms with E-state index in [4.69, 9.17) is 5.73 Å². The van der Waals surface area contributed by atoms with Gasteiger partial charge in [-0.25, -0.2) is 0 Å². The molecule has 2 N–H and O–H groups in total. The zero-order valence-electron chi connectivity index (χ0n) is 14.2. The van der Waals surface area contributed by atoms with Crippen LogP contribution in [0.25, 0.3) is 0 Å². The molecule has 0 heterocycles. The topological polar surface area (TPSA) is 43.1 Å². The summed E-state index contributed by atoms with van der Waals surface area (Å²) < 4.78 is 0. The zero-order valence-corrected chi connectivity index (χ0v) is 14.2. The quantitative estimate of drug-likeness (QED) is 0.279. The van der Waals surface area contributed by atoms with E-state index in [0.29, 0.717) is 0 Å². The Bertz CT molecular complexity index is 248. The lowest BCUT2D eigenvalue weighted by Gasteiger charge is -2.02. The van der Waals surface area contributed by atoms with Crippen molar-refractivity contribution in [2.24, 2.45) is 5.73 Å². The van der Waals surface area contributed by atoms with Gasteiger partial charge in [0.15, 0.2) is 0 Å². The number of unbranched alkanes of at least 4 members (excludes halogenated alkanes) is 14. The Labute approximate surface area is 132 Å². The second-order valence-electron chi connectivity index (χ2n) is 6.19. The van der Waals surface area contributed by atoms with Crippen molar-refractivity contribution in [3.63, 3.8) is 0 Å². The monoisotopic (exact) mass is 295 g/mol. The van der Waals surface area contributed by atoms with Crippen LogP contribution in [-0.2, 0) is 4.79 Å². The maximum atomic E-state index is 10.5. The molecule has 1 amide bonds. The van der Waals surface area contributed by atoms with Crippen LogP contribution < -0.4 is 5.73 Å². The second-order valence-corrected chi connectivity index (χ2v) is 6.19. The summed E-state index contributed by atoms with van der Waals surface area (Å²) in [6.07, 6.45) is 23.7. The smallest absolute Gasteiger partial charge is 0.241 e. The third kappa shape index (κ3) is 19.2. The zero-order chi connectivity index (χ0) is 15.6. The van der Waals surface area contributed by atoms with Crippen LogP contribution in [0.2, 0.25) is 0 Å². The molecule has 0 aromatic carbocycles. The number of carbonyl (C=O) groups is 1. The summed E-state index contributed by atoms with van der Waals surface area (Å²) in [7, 11) is 0. The van der Waals surface area contributed by atoms with Gasteiger partial charge in [-0.2, -0.15) is 0 Å².